The third kappa shape index (κ3) is 5.55. The first-order valence-electron chi connectivity index (χ1n) is 9.80. The van der Waals surface area contributed by atoms with Gasteiger partial charge < -0.3 is 0 Å². The summed E-state index contributed by atoms with van der Waals surface area (Å²) in [5, 5.41) is 10.3. The number of sulfonamides is 1. The number of anilines is 1. The van der Waals surface area contributed by atoms with Crippen LogP contribution in [-0.2, 0) is 15.4 Å². The summed E-state index contributed by atoms with van der Waals surface area (Å²) in [7, 11) is -3.89. The lowest BCUT2D eigenvalue weighted by atomic mass is 9.86. The Morgan fingerprint density at radius 2 is 1.68 bits per heavy atom. The van der Waals surface area contributed by atoms with Crippen molar-refractivity contribution in [1.82, 2.24) is 14.9 Å². The van der Waals surface area contributed by atoms with Gasteiger partial charge in [0.1, 0.15) is 0 Å². The van der Waals surface area contributed by atoms with Crippen LogP contribution in [0.15, 0.2) is 52.9 Å². The van der Waals surface area contributed by atoms with Gasteiger partial charge in [-0.25, -0.2) is 13.1 Å². The SMILES string of the molecule is Cc1ccccc1C(=O)Nc1nnc(S(=O)(=O)N[C@@H](C)c2ccc(C(C)(C)C)cc2)s1. The first-order chi connectivity index (χ1) is 14.5. The van der Waals surface area contributed by atoms with Crippen molar-refractivity contribution in [3.05, 3.63) is 70.8 Å². The van der Waals surface area contributed by atoms with Crippen molar-refractivity contribution in [2.75, 3.05) is 5.32 Å². The van der Waals surface area contributed by atoms with Gasteiger partial charge in [-0.15, -0.1) is 10.2 Å². The second-order valence-electron chi connectivity index (χ2n) is 8.36. The van der Waals surface area contributed by atoms with Crippen LogP contribution in [0.5, 0.6) is 0 Å². The fraction of sp³-hybridized carbons (Fsp3) is 0.318. The second-order valence-corrected chi connectivity index (χ2v) is 11.2. The van der Waals surface area contributed by atoms with Crippen molar-refractivity contribution in [2.45, 2.75) is 50.4 Å². The van der Waals surface area contributed by atoms with Crippen LogP contribution in [0, 0.1) is 6.92 Å². The molecule has 31 heavy (non-hydrogen) atoms. The van der Waals surface area contributed by atoms with Gasteiger partial charge in [0.05, 0.1) is 0 Å². The molecule has 9 heteroatoms. The van der Waals surface area contributed by atoms with Gasteiger partial charge in [0.15, 0.2) is 0 Å². The molecule has 3 aromatic rings. The third-order valence-corrected chi connectivity index (χ3v) is 7.60. The third-order valence-electron chi connectivity index (χ3n) is 4.86. The Morgan fingerprint density at radius 1 is 1.03 bits per heavy atom. The summed E-state index contributed by atoms with van der Waals surface area (Å²) in [6, 6.07) is 14.5. The molecule has 0 aliphatic carbocycles. The molecule has 0 bridgehead atoms. The zero-order valence-corrected chi connectivity index (χ0v) is 19.8. The monoisotopic (exact) mass is 458 g/mol. The predicted octanol–water partition coefficient (Wildman–Crippen LogP) is 4.44. The molecule has 1 aromatic heterocycles. The number of hydrogen-bond donors (Lipinski definition) is 2. The fourth-order valence-electron chi connectivity index (χ4n) is 2.98. The summed E-state index contributed by atoms with van der Waals surface area (Å²) in [5.74, 6) is -0.363. The van der Waals surface area contributed by atoms with E-state index < -0.39 is 16.1 Å². The molecule has 7 nitrogen and oxygen atoms in total. The highest BCUT2D eigenvalue weighted by molar-refractivity contribution is 7.91. The minimum Gasteiger partial charge on any atom is -0.296 e. The summed E-state index contributed by atoms with van der Waals surface area (Å²) in [6.07, 6.45) is 0. The number of benzene rings is 2. The Labute approximate surface area is 187 Å². The molecule has 0 unspecified atom stereocenters. The average Bonchev–Trinajstić information content (AvgIpc) is 3.17. The van der Waals surface area contributed by atoms with E-state index in [1.54, 1.807) is 19.1 Å². The Morgan fingerprint density at radius 3 is 2.29 bits per heavy atom. The minimum absolute atomic E-state index is 0.0208. The molecule has 164 valence electrons. The van der Waals surface area contributed by atoms with Gasteiger partial charge in [0, 0.05) is 11.6 Å². The Kier molecular flexibility index (Phi) is 6.59. The van der Waals surface area contributed by atoms with Gasteiger partial charge in [-0.2, -0.15) is 0 Å². The lowest BCUT2D eigenvalue weighted by molar-refractivity contribution is 0.102. The normalized spacial score (nSPS) is 13.1. The maximum atomic E-state index is 12.7. The van der Waals surface area contributed by atoms with Gasteiger partial charge >= 0.3 is 0 Å². The van der Waals surface area contributed by atoms with E-state index >= 15 is 0 Å². The van der Waals surface area contributed by atoms with E-state index in [1.807, 2.05) is 43.3 Å². The van der Waals surface area contributed by atoms with Crippen LogP contribution in [0.2, 0.25) is 0 Å². The summed E-state index contributed by atoms with van der Waals surface area (Å²) < 4.78 is 27.9. The molecule has 1 amide bonds. The molecular weight excluding hydrogens is 432 g/mol. The average molecular weight is 459 g/mol. The van der Waals surface area contributed by atoms with Crippen molar-refractivity contribution in [2.24, 2.45) is 0 Å². The maximum Gasteiger partial charge on any atom is 0.270 e. The highest BCUT2D eigenvalue weighted by atomic mass is 32.2. The number of carbonyl (C=O) groups excluding carboxylic acids is 1. The number of amides is 1. The Bertz CT molecular complexity index is 1180. The van der Waals surface area contributed by atoms with Crippen LogP contribution in [0.4, 0.5) is 5.13 Å². The van der Waals surface area contributed by atoms with Crippen LogP contribution in [-0.4, -0.2) is 24.5 Å². The number of rotatable bonds is 6. The van der Waals surface area contributed by atoms with Crippen LogP contribution >= 0.6 is 11.3 Å². The molecule has 0 saturated heterocycles. The van der Waals surface area contributed by atoms with Gasteiger partial charge in [0.25, 0.3) is 15.9 Å². The number of hydrogen-bond acceptors (Lipinski definition) is 6. The molecule has 0 aliphatic rings. The van der Waals surface area contributed by atoms with Crippen LogP contribution in [0.1, 0.15) is 60.8 Å². The molecule has 0 aliphatic heterocycles. The standard InChI is InChI=1S/C22H26N4O3S2/c1-14-8-6-7-9-18(14)19(27)23-20-24-25-21(30-20)31(28,29)26-15(2)16-10-12-17(13-11-16)22(3,4)5/h6-13,15,26H,1-5H3,(H,23,24,27)/t15-/m0/s1. The van der Waals surface area contributed by atoms with Crippen molar-refractivity contribution >= 4 is 32.4 Å². The molecule has 2 aromatic carbocycles. The second kappa shape index (κ2) is 8.86. The number of nitrogens with zero attached hydrogens (tertiary/aromatic N) is 2. The van der Waals surface area contributed by atoms with Crippen LogP contribution in [0.25, 0.3) is 0 Å². The highest BCUT2D eigenvalue weighted by Gasteiger charge is 2.24. The van der Waals surface area contributed by atoms with E-state index in [-0.39, 0.29) is 20.8 Å². The van der Waals surface area contributed by atoms with Crippen LogP contribution < -0.4 is 10.0 Å². The fourth-order valence-corrected chi connectivity index (χ4v) is 5.13. The quantitative estimate of drug-likeness (QED) is 0.532. The first kappa shape index (κ1) is 23.1. The molecule has 0 saturated carbocycles. The largest absolute Gasteiger partial charge is 0.296 e. The molecular formula is C22H26N4O3S2. The van der Waals surface area contributed by atoms with Crippen molar-refractivity contribution in [3.8, 4) is 0 Å². The zero-order chi connectivity index (χ0) is 22.8. The minimum atomic E-state index is -3.89. The summed E-state index contributed by atoms with van der Waals surface area (Å²) in [6.45, 7) is 9.97. The summed E-state index contributed by atoms with van der Waals surface area (Å²) >= 11 is 0.807. The summed E-state index contributed by atoms with van der Waals surface area (Å²) in [4.78, 5) is 12.4. The topological polar surface area (TPSA) is 101 Å². The molecule has 1 atom stereocenters. The van der Waals surface area contributed by atoms with E-state index in [4.69, 9.17) is 0 Å². The van der Waals surface area contributed by atoms with E-state index in [1.165, 1.54) is 5.56 Å². The molecule has 3 rings (SSSR count). The number of carbonyl (C=O) groups is 1. The molecule has 0 radical (unpaired) electrons. The van der Waals surface area contributed by atoms with Gasteiger partial charge in [0.2, 0.25) is 9.47 Å². The van der Waals surface area contributed by atoms with Gasteiger partial charge in [-0.1, -0.05) is 74.6 Å². The Balaban J connectivity index is 1.70. The molecule has 0 spiro atoms. The van der Waals surface area contributed by atoms with E-state index in [9.17, 15) is 13.2 Å². The number of aromatic nitrogens is 2. The molecule has 2 N–H and O–H groups in total. The van der Waals surface area contributed by atoms with Gasteiger partial charge in [-0.05, 0) is 42.0 Å². The Hall–Kier alpha value is -2.62. The smallest absolute Gasteiger partial charge is 0.270 e. The van der Waals surface area contributed by atoms with Crippen molar-refractivity contribution in [1.29, 1.82) is 0 Å². The van der Waals surface area contributed by atoms with Gasteiger partial charge in [-0.3, -0.25) is 10.1 Å². The maximum absolute atomic E-state index is 12.7. The molecule has 1 heterocycles. The van der Waals surface area contributed by atoms with Crippen molar-refractivity contribution < 1.29 is 13.2 Å². The predicted molar refractivity (Wildman–Crippen MR) is 123 cm³/mol. The van der Waals surface area contributed by atoms with Crippen LogP contribution in [0.3, 0.4) is 0 Å². The lowest BCUT2D eigenvalue weighted by Crippen LogP contribution is -2.27. The highest BCUT2D eigenvalue weighted by Crippen LogP contribution is 2.26. The van der Waals surface area contributed by atoms with E-state index in [2.05, 4.69) is 41.0 Å². The van der Waals surface area contributed by atoms with E-state index in [0.717, 1.165) is 22.5 Å². The number of nitrogens with one attached hydrogen (secondary N) is 2. The molecule has 0 fully saturated rings. The zero-order valence-electron chi connectivity index (χ0n) is 18.1. The lowest BCUT2D eigenvalue weighted by Gasteiger charge is -2.20. The summed E-state index contributed by atoms with van der Waals surface area (Å²) in [5.41, 5.74) is 3.34. The number of aryl methyl sites for hydroxylation is 1. The van der Waals surface area contributed by atoms with Crippen molar-refractivity contribution in [3.63, 3.8) is 0 Å². The van der Waals surface area contributed by atoms with E-state index in [0.29, 0.717) is 5.56 Å². The first-order valence-corrected chi connectivity index (χ1v) is 12.1.